The standard InChI is InChI=1S/C10H12FNO3/c1-3-15-9-5-8(12-10(13)14)7(11)4-6(9)2/h4-5,12H,3H2,1-2H3,(H,13,14). The van der Waals surface area contributed by atoms with Gasteiger partial charge < -0.3 is 9.84 Å². The minimum Gasteiger partial charge on any atom is -0.494 e. The van der Waals surface area contributed by atoms with E-state index in [1.54, 1.807) is 13.8 Å². The Morgan fingerprint density at radius 3 is 2.80 bits per heavy atom. The highest BCUT2D eigenvalue weighted by atomic mass is 19.1. The number of halogens is 1. The third kappa shape index (κ3) is 2.83. The van der Waals surface area contributed by atoms with Gasteiger partial charge in [-0.3, -0.25) is 5.32 Å². The molecule has 0 spiro atoms. The lowest BCUT2D eigenvalue weighted by Gasteiger charge is -2.10. The van der Waals surface area contributed by atoms with E-state index in [0.717, 1.165) is 0 Å². The molecule has 0 atom stereocenters. The van der Waals surface area contributed by atoms with Gasteiger partial charge in [0.15, 0.2) is 0 Å². The first kappa shape index (κ1) is 11.3. The highest BCUT2D eigenvalue weighted by molar-refractivity contribution is 5.83. The summed E-state index contributed by atoms with van der Waals surface area (Å²) in [6.07, 6.45) is -1.31. The molecule has 0 bridgehead atoms. The number of nitrogens with one attached hydrogen (secondary N) is 1. The molecule has 4 nitrogen and oxygen atoms in total. The molecule has 1 amide bonds. The van der Waals surface area contributed by atoms with E-state index < -0.39 is 11.9 Å². The molecule has 0 saturated carbocycles. The second kappa shape index (κ2) is 4.63. The van der Waals surface area contributed by atoms with Crippen molar-refractivity contribution in [1.29, 1.82) is 0 Å². The van der Waals surface area contributed by atoms with Gasteiger partial charge in [0, 0.05) is 6.07 Å². The maximum atomic E-state index is 13.2. The summed E-state index contributed by atoms with van der Waals surface area (Å²) in [7, 11) is 0. The van der Waals surface area contributed by atoms with E-state index in [4.69, 9.17) is 9.84 Å². The summed E-state index contributed by atoms with van der Waals surface area (Å²) < 4.78 is 18.5. The minimum absolute atomic E-state index is 0.100. The van der Waals surface area contributed by atoms with Crippen LogP contribution in [0.15, 0.2) is 12.1 Å². The highest BCUT2D eigenvalue weighted by Gasteiger charge is 2.09. The van der Waals surface area contributed by atoms with Crippen molar-refractivity contribution in [3.8, 4) is 5.75 Å². The van der Waals surface area contributed by atoms with Crippen molar-refractivity contribution >= 4 is 11.8 Å². The molecule has 5 heteroatoms. The number of ether oxygens (including phenoxy) is 1. The first-order valence-electron chi connectivity index (χ1n) is 4.47. The summed E-state index contributed by atoms with van der Waals surface area (Å²) >= 11 is 0. The molecule has 15 heavy (non-hydrogen) atoms. The van der Waals surface area contributed by atoms with Crippen molar-refractivity contribution in [1.82, 2.24) is 0 Å². The van der Waals surface area contributed by atoms with E-state index in [1.165, 1.54) is 12.1 Å². The van der Waals surface area contributed by atoms with Gasteiger partial charge in [-0.2, -0.15) is 0 Å². The van der Waals surface area contributed by atoms with E-state index >= 15 is 0 Å². The Kier molecular flexibility index (Phi) is 3.49. The molecule has 0 fully saturated rings. The van der Waals surface area contributed by atoms with Crippen LogP contribution in [0.25, 0.3) is 0 Å². The fraction of sp³-hybridized carbons (Fsp3) is 0.300. The number of amides is 1. The van der Waals surface area contributed by atoms with Crippen LogP contribution < -0.4 is 10.1 Å². The molecule has 1 rings (SSSR count). The number of aryl methyl sites for hydroxylation is 1. The fourth-order valence-electron chi connectivity index (χ4n) is 1.17. The average Bonchev–Trinajstić information content (AvgIpc) is 2.12. The van der Waals surface area contributed by atoms with E-state index in [2.05, 4.69) is 0 Å². The maximum absolute atomic E-state index is 13.2. The monoisotopic (exact) mass is 213 g/mol. The molecule has 0 aliphatic rings. The Bertz CT molecular complexity index is 379. The zero-order valence-electron chi connectivity index (χ0n) is 8.50. The molecule has 1 aromatic rings. The molecule has 0 radical (unpaired) electrons. The summed E-state index contributed by atoms with van der Waals surface area (Å²) in [6, 6.07) is 2.57. The Morgan fingerprint density at radius 2 is 2.27 bits per heavy atom. The van der Waals surface area contributed by atoms with Crippen LogP contribution in [-0.2, 0) is 0 Å². The Morgan fingerprint density at radius 1 is 1.60 bits per heavy atom. The maximum Gasteiger partial charge on any atom is 0.409 e. The third-order valence-corrected chi connectivity index (χ3v) is 1.81. The molecule has 0 aliphatic carbocycles. The average molecular weight is 213 g/mol. The van der Waals surface area contributed by atoms with Crippen LogP contribution >= 0.6 is 0 Å². The highest BCUT2D eigenvalue weighted by Crippen LogP contribution is 2.25. The number of carbonyl (C=O) groups is 1. The van der Waals surface area contributed by atoms with Crippen molar-refractivity contribution in [3.63, 3.8) is 0 Å². The number of hydrogen-bond acceptors (Lipinski definition) is 2. The molecule has 0 aromatic heterocycles. The van der Waals surface area contributed by atoms with Gasteiger partial charge >= 0.3 is 6.09 Å². The first-order valence-corrected chi connectivity index (χ1v) is 4.47. The predicted octanol–water partition coefficient (Wildman–Crippen LogP) is 2.62. The molecule has 0 saturated heterocycles. The second-order valence-corrected chi connectivity index (χ2v) is 2.96. The fourth-order valence-corrected chi connectivity index (χ4v) is 1.17. The Labute approximate surface area is 86.7 Å². The molecule has 1 aromatic carbocycles. The van der Waals surface area contributed by atoms with Crippen LogP contribution in [0.1, 0.15) is 12.5 Å². The molecular formula is C10H12FNO3. The van der Waals surface area contributed by atoms with Crippen molar-refractivity contribution < 1.29 is 19.0 Å². The van der Waals surface area contributed by atoms with E-state index in [1.807, 2.05) is 5.32 Å². The van der Waals surface area contributed by atoms with Crippen molar-refractivity contribution in [3.05, 3.63) is 23.5 Å². The second-order valence-electron chi connectivity index (χ2n) is 2.96. The zero-order chi connectivity index (χ0) is 11.4. The molecular weight excluding hydrogens is 201 g/mol. The van der Waals surface area contributed by atoms with Gasteiger partial charge in [-0.15, -0.1) is 0 Å². The van der Waals surface area contributed by atoms with Gasteiger partial charge in [-0.05, 0) is 25.5 Å². The predicted molar refractivity (Wildman–Crippen MR) is 54.0 cm³/mol. The van der Waals surface area contributed by atoms with Gasteiger partial charge in [0.2, 0.25) is 0 Å². The van der Waals surface area contributed by atoms with Crippen LogP contribution in [0.2, 0.25) is 0 Å². The molecule has 82 valence electrons. The quantitative estimate of drug-likeness (QED) is 0.811. The van der Waals surface area contributed by atoms with Crippen LogP contribution in [0, 0.1) is 12.7 Å². The number of rotatable bonds is 3. The summed E-state index contributed by atoms with van der Waals surface area (Å²) in [5, 5.41) is 10.4. The molecule has 0 aliphatic heterocycles. The van der Waals surface area contributed by atoms with Crippen LogP contribution in [0.5, 0.6) is 5.75 Å². The number of carboxylic acid groups (broad SMARTS) is 1. The summed E-state index contributed by atoms with van der Waals surface area (Å²) in [6.45, 7) is 3.94. The largest absolute Gasteiger partial charge is 0.494 e. The SMILES string of the molecule is CCOc1cc(NC(=O)O)c(F)cc1C. The lowest BCUT2D eigenvalue weighted by Crippen LogP contribution is -2.09. The normalized spacial score (nSPS) is 9.80. The summed E-state index contributed by atoms with van der Waals surface area (Å²) in [5.41, 5.74) is 0.529. The van der Waals surface area contributed by atoms with Crippen LogP contribution in [-0.4, -0.2) is 17.8 Å². The molecule has 2 N–H and O–H groups in total. The third-order valence-electron chi connectivity index (χ3n) is 1.81. The van der Waals surface area contributed by atoms with E-state index in [0.29, 0.717) is 17.9 Å². The topological polar surface area (TPSA) is 58.6 Å². The first-order chi connectivity index (χ1) is 7.04. The molecule has 0 unspecified atom stereocenters. The van der Waals surface area contributed by atoms with E-state index in [9.17, 15) is 9.18 Å². The minimum atomic E-state index is -1.31. The van der Waals surface area contributed by atoms with E-state index in [-0.39, 0.29) is 5.69 Å². The van der Waals surface area contributed by atoms with Crippen molar-refractivity contribution in [2.24, 2.45) is 0 Å². The number of hydrogen-bond donors (Lipinski definition) is 2. The van der Waals surface area contributed by atoms with Gasteiger partial charge in [-0.1, -0.05) is 0 Å². The van der Waals surface area contributed by atoms with Gasteiger partial charge in [0.25, 0.3) is 0 Å². The van der Waals surface area contributed by atoms with Gasteiger partial charge in [-0.25, -0.2) is 9.18 Å². The smallest absolute Gasteiger partial charge is 0.409 e. The molecule has 0 heterocycles. The summed E-state index contributed by atoms with van der Waals surface area (Å²) in [5.74, 6) is -0.138. The Hall–Kier alpha value is -1.78. The van der Waals surface area contributed by atoms with Crippen molar-refractivity contribution in [2.75, 3.05) is 11.9 Å². The van der Waals surface area contributed by atoms with Crippen LogP contribution in [0.3, 0.4) is 0 Å². The number of benzene rings is 1. The van der Waals surface area contributed by atoms with Crippen molar-refractivity contribution in [2.45, 2.75) is 13.8 Å². The lowest BCUT2D eigenvalue weighted by atomic mass is 10.2. The van der Waals surface area contributed by atoms with Gasteiger partial charge in [0.1, 0.15) is 11.6 Å². The Balaban J connectivity index is 3.05. The number of anilines is 1. The van der Waals surface area contributed by atoms with Crippen LogP contribution in [0.4, 0.5) is 14.9 Å². The summed E-state index contributed by atoms with van der Waals surface area (Å²) in [4.78, 5) is 10.4. The van der Waals surface area contributed by atoms with Gasteiger partial charge in [0.05, 0.1) is 12.3 Å². The zero-order valence-corrected chi connectivity index (χ0v) is 8.50. The lowest BCUT2D eigenvalue weighted by molar-refractivity contribution is 0.209.